The summed E-state index contributed by atoms with van der Waals surface area (Å²) >= 11 is 0. The Kier molecular flexibility index (Phi) is 3.24. The molecule has 0 unspecified atom stereocenters. The Hall–Kier alpha value is -1.68. The largest absolute Gasteiger partial charge is 0.377 e. The van der Waals surface area contributed by atoms with Gasteiger partial charge in [-0.15, -0.1) is 0 Å². The van der Waals surface area contributed by atoms with E-state index in [9.17, 15) is 4.79 Å². The minimum atomic E-state index is -0.0184. The van der Waals surface area contributed by atoms with Crippen molar-refractivity contribution in [3.63, 3.8) is 0 Å². The standard InChI is InChI=1S/C13H16N2O2/c1-8(2)13-14-10-5-4-9(6-11(10)15-13)12(16)7-17-3/h4-6,8H,7H2,1-3H3,(H,14,15). The molecule has 0 atom stereocenters. The van der Waals surface area contributed by atoms with Gasteiger partial charge in [0.1, 0.15) is 12.4 Å². The summed E-state index contributed by atoms with van der Waals surface area (Å²) in [5.41, 5.74) is 2.44. The molecule has 1 heterocycles. The molecule has 4 nitrogen and oxygen atoms in total. The number of benzene rings is 1. The molecule has 2 rings (SSSR count). The molecule has 1 N–H and O–H groups in total. The van der Waals surface area contributed by atoms with Gasteiger partial charge in [0.15, 0.2) is 5.78 Å². The van der Waals surface area contributed by atoms with Gasteiger partial charge in [-0.25, -0.2) is 4.98 Å². The van der Waals surface area contributed by atoms with Crippen molar-refractivity contribution >= 4 is 16.8 Å². The van der Waals surface area contributed by atoms with Crippen LogP contribution in [0.1, 0.15) is 35.9 Å². The molecule has 0 aliphatic rings. The number of rotatable bonds is 4. The zero-order valence-electron chi connectivity index (χ0n) is 10.3. The molecule has 1 aromatic carbocycles. The van der Waals surface area contributed by atoms with Gasteiger partial charge < -0.3 is 9.72 Å². The number of carbonyl (C=O) groups excluding carboxylic acids is 1. The first kappa shape index (κ1) is 11.8. The first-order valence-electron chi connectivity index (χ1n) is 5.63. The molecule has 0 aliphatic carbocycles. The second-order valence-electron chi connectivity index (χ2n) is 4.36. The Labute approximate surface area is 100 Å². The van der Waals surface area contributed by atoms with E-state index in [1.54, 1.807) is 6.07 Å². The monoisotopic (exact) mass is 232 g/mol. The summed E-state index contributed by atoms with van der Waals surface area (Å²) in [4.78, 5) is 19.4. The fourth-order valence-electron chi connectivity index (χ4n) is 1.69. The van der Waals surface area contributed by atoms with Crippen LogP contribution in [-0.2, 0) is 4.74 Å². The van der Waals surface area contributed by atoms with Crippen LogP contribution in [0.4, 0.5) is 0 Å². The first-order chi connectivity index (χ1) is 8.11. The summed E-state index contributed by atoms with van der Waals surface area (Å²) in [6.45, 7) is 4.26. The molecule has 1 aromatic heterocycles. The number of fused-ring (bicyclic) bond motifs is 1. The fraction of sp³-hybridized carbons (Fsp3) is 0.385. The number of hydrogen-bond acceptors (Lipinski definition) is 3. The van der Waals surface area contributed by atoms with Crippen LogP contribution >= 0.6 is 0 Å². The molecule has 0 radical (unpaired) electrons. The van der Waals surface area contributed by atoms with E-state index in [0.717, 1.165) is 16.9 Å². The zero-order valence-corrected chi connectivity index (χ0v) is 10.3. The van der Waals surface area contributed by atoms with Crippen LogP contribution in [-0.4, -0.2) is 29.5 Å². The number of nitrogens with zero attached hydrogens (tertiary/aromatic N) is 1. The average molecular weight is 232 g/mol. The summed E-state index contributed by atoms with van der Waals surface area (Å²) in [6, 6.07) is 5.48. The Balaban J connectivity index is 2.40. The maximum Gasteiger partial charge on any atom is 0.188 e. The van der Waals surface area contributed by atoms with Crippen LogP contribution < -0.4 is 0 Å². The minimum absolute atomic E-state index is 0.0184. The fourth-order valence-corrected chi connectivity index (χ4v) is 1.69. The molecule has 0 amide bonds. The predicted molar refractivity (Wildman–Crippen MR) is 66.4 cm³/mol. The highest BCUT2D eigenvalue weighted by Gasteiger charge is 2.10. The Morgan fingerprint density at radius 2 is 2.24 bits per heavy atom. The highest BCUT2D eigenvalue weighted by molar-refractivity contribution is 5.99. The van der Waals surface area contributed by atoms with Crippen molar-refractivity contribution in [1.29, 1.82) is 0 Å². The van der Waals surface area contributed by atoms with Gasteiger partial charge in [-0.1, -0.05) is 13.8 Å². The Morgan fingerprint density at radius 3 is 2.88 bits per heavy atom. The molecular weight excluding hydrogens is 216 g/mol. The van der Waals surface area contributed by atoms with E-state index in [4.69, 9.17) is 4.74 Å². The topological polar surface area (TPSA) is 55.0 Å². The number of nitrogens with one attached hydrogen (secondary N) is 1. The van der Waals surface area contributed by atoms with Gasteiger partial charge >= 0.3 is 0 Å². The van der Waals surface area contributed by atoms with Crippen LogP contribution in [0.15, 0.2) is 18.2 Å². The lowest BCUT2D eigenvalue weighted by Gasteiger charge is -1.99. The van der Waals surface area contributed by atoms with Gasteiger partial charge in [-0.3, -0.25) is 4.79 Å². The van der Waals surface area contributed by atoms with Crippen LogP contribution in [0.5, 0.6) is 0 Å². The lowest BCUT2D eigenvalue weighted by Crippen LogP contribution is -2.06. The molecule has 0 fully saturated rings. The smallest absolute Gasteiger partial charge is 0.188 e. The molecule has 0 saturated heterocycles. The number of H-pyrrole nitrogens is 1. The van der Waals surface area contributed by atoms with Crippen LogP contribution in [0.25, 0.3) is 11.0 Å². The van der Waals surface area contributed by atoms with E-state index < -0.39 is 0 Å². The van der Waals surface area contributed by atoms with Gasteiger partial charge in [0.05, 0.1) is 11.0 Å². The van der Waals surface area contributed by atoms with E-state index in [1.165, 1.54) is 7.11 Å². The zero-order chi connectivity index (χ0) is 12.4. The molecule has 0 spiro atoms. The van der Waals surface area contributed by atoms with Crippen molar-refractivity contribution < 1.29 is 9.53 Å². The SMILES string of the molecule is COCC(=O)c1ccc2nc(C(C)C)[nH]c2c1. The highest BCUT2D eigenvalue weighted by atomic mass is 16.5. The third-order valence-electron chi connectivity index (χ3n) is 2.64. The normalized spacial score (nSPS) is 11.3. The molecule has 0 bridgehead atoms. The molecule has 17 heavy (non-hydrogen) atoms. The van der Waals surface area contributed by atoms with Crippen molar-refractivity contribution in [3.05, 3.63) is 29.6 Å². The Morgan fingerprint density at radius 1 is 1.47 bits per heavy atom. The van der Waals surface area contributed by atoms with E-state index in [0.29, 0.717) is 11.5 Å². The van der Waals surface area contributed by atoms with Crippen LogP contribution in [0.3, 0.4) is 0 Å². The number of carbonyl (C=O) groups is 1. The molecule has 0 aliphatic heterocycles. The molecule has 4 heteroatoms. The first-order valence-corrected chi connectivity index (χ1v) is 5.63. The quantitative estimate of drug-likeness (QED) is 0.824. The van der Waals surface area contributed by atoms with Crippen molar-refractivity contribution in [3.8, 4) is 0 Å². The highest BCUT2D eigenvalue weighted by Crippen LogP contribution is 2.18. The van der Waals surface area contributed by atoms with Gasteiger partial charge in [0.25, 0.3) is 0 Å². The Bertz CT molecular complexity index is 543. The lowest BCUT2D eigenvalue weighted by molar-refractivity contribution is 0.0848. The maximum absolute atomic E-state index is 11.7. The third-order valence-corrected chi connectivity index (χ3v) is 2.64. The van der Waals surface area contributed by atoms with Gasteiger partial charge in [-0.05, 0) is 18.2 Å². The van der Waals surface area contributed by atoms with Gasteiger partial charge in [-0.2, -0.15) is 0 Å². The van der Waals surface area contributed by atoms with Crippen LogP contribution in [0.2, 0.25) is 0 Å². The van der Waals surface area contributed by atoms with E-state index in [-0.39, 0.29) is 12.4 Å². The van der Waals surface area contributed by atoms with E-state index >= 15 is 0 Å². The predicted octanol–water partition coefficient (Wildman–Crippen LogP) is 2.52. The summed E-state index contributed by atoms with van der Waals surface area (Å²) in [5.74, 6) is 1.27. The molecule has 2 aromatic rings. The third kappa shape index (κ3) is 2.36. The number of hydrogen-bond donors (Lipinski definition) is 1. The summed E-state index contributed by atoms with van der Waals surface area (Å²) in [6.07, 6.45) is 0. The van der Waals surface area contributed by atoms with Crippen molar-refractivity contribution in [2.24, 2.45) is 0 Å². The van der Waals surface area contributed by atoms with Gasteiger partial charge in [0.2, 0.25) is 0 Å². The van der Waals surface area contributed by atoms with E-state index in [1.807, 2.05) is 12.1 Å². The number of methoxy groups -OCH3 is 1. The number of aromatic amines is 1. The van der Waals surface area contributed by atoms with Crippen LogP contribution in [0, 0.1) is 0 Å². The summed E-state index contributed by atoms with van der Waals surface area (Å²) in [5, 5.41) is 0. The van der Waals surface area contributed by atoms with Crippen molar-refractivity contribution in [2.75, 3.05) is 13.7 Å². The average Bonchev–Trinajstić information content (AvgIpc) is 2.71. The minimum Gasteiger partial charge on any atom is -0.377 e. The second kappa shape index (κ2) is 4.67. The van der Waals surface area contributed by atoms with Crippen molar-refractivity contribution in [1.82, 2.24) is 9.97 Å². The summed E-state index contributed by atoms with van der Waals surface area (Å²) < 4.78 is 4.84. The number of imidazole rings is 1. The lowest BCUT2D eigenvalue weighted by atomic mass is 10.1. The molecular formula is C13H16N2O2. The number of ketones is 1. The van der Waals surface area contributed by atoms with Crippen molar-refractivity contribution in [2.45, 2.75) is 19.8 Å². The van der Waals surface area contributed by atoms with E-state index in [2.05, 4.69) is 23.8 Å². The van der Waals surface area contributed by atoms with Gasteiger partial charge in [0, 0.05) is 18.6 Å². The summed E-state index contributed by atoms with van der Waals surface area (Å²) in [7, 11) is 1.52. The molecule has 90 valence electrons. The number of Topliss-reactive ketones (excluding diaryl/α,β-unsaturated/α-hetero) is 1. The number of aromatic nitrogens is 2. The molecule has 0 saturated carbocycles. The maximum atomic E-state index is 11.7. The number of ether oxygens (including phenoxy) is 1. The second-order valence-corrected chi connectivity index (χ2v) is 4.36.